The Morgan fingerprint density at radius 2 is 1.74 bits per heavy atom. The van der Waals surface area contributed by atoms with E-state index in [0.717, 1.165) is 23.5 Å². The maximum absolute atomic E-state index is 4.81. The van der Waals surface area contributed by atoms with Gasteiger partial charge in [0.2, 0.25) is 0 Å². The second kappa shape index (κ2) is 9.60. The van der Waals surface area contributed by atoms with Crippen molar-refractivity contribution in [3.63, 3.8) is 0 Å². The fraction of sp³-hybridized carbons (Fsp3) is 0.158. The standard InChI is InChI=1S/C19H17N2.ClH.Pt/c1-2-16(15-9-4-3-5-10-15)17-12-8-13-19(21-17)18-11-6-7-14-20-18;;/h3-9,11-14,16H,2H2,1H3;1H;/p-1. The number of pyridine rings is 2. The molecule has 0 N–H and O–H groups in total. The predicted octanol–water partition coefficient (Wildman–Crippen LogP) is 1.49. The zero-order valence-corrected chi connectivity index (χ0v) is 15.8. The molecule has 1 aromatic carbocycles. The van der Waals surface area contributed by atoms with Gasteiger partial charge in [-0.25, -0.2) is 0 Å². The summed E-state index contributed by atoms with van der Waals surface area (Å²) in [6, 6.07) is 23.5. The van der Waals surface area contributed by atoms with E-state index >= 15 is 0 Å². The minimum atomic E-state index is 0. The molecule has 0 amide bonds. The first-order chi connectivity index (χ1) is 10.4. The molecule has 1 radical (unpaired) electrons. The van der Waals surface area contributed by atoms with Crippen LogP contribution in [-0.4, -0.2) is 9.97 Å². The quantitative estimate of drug-likeness (QED) is 0.539. The summed E-state index contributed by atoms with van der Waals surface area (Å²) in [6.45, 7) is 2.18. The SMILES string of the molecule is CCC(c1[c]cccc1)c1cccc(-c2ccccn2)n1.[Cl-].[Pt]. The van der Waals surface area contributed by atoms with Crippen molar-refractivity contribution in [1.82, 2.24) is 9.97 Å². The molecule has 0 fully saturated rings. The molecule has 23 heavy (non-hydrogen) atoms. The molecule has 2 heterocycles. The molecule has 1 unspecified atom stereocenters. The first-order valence-corrected chi connectivity index (χ1v) is 7.23. The van der Waals surface area contributed by atoms with Crippen molar-refractivity contribution in [2.24, 2.45) is 0 Å². The molecule has 2 nitrogen and oxygen atoms in total. The molecule has 3 aromatic rings. The largest absolute Gasteiger partial charge is 1.00 e. The van der Waals surface area contributed by atoms with Gasteiger partial charge in [-0.1, -0.05) is 43.3 Å². The molecule has 0 aliphatic rings. The number of hydrogen-bond acceptors (Lipinski definition) is 2. The first-order valence-electron chi connectivity index (χ1n) is 7.23. The van der Waals surface area contributed by atoms with E-state index in [1.165, 1.54) is 5.56 Å². The van der Waals surface area contributed by atoms with Crippen molar-refractivity contribution in [2.45, 2.75) is 19.3 Å². The fourth-order valence-electron chi connectivity index (χ4n) is 2.51. The Balaban J connectivity index is 0.00000132. The Hall–Kier alpha value is -1.50. The van der Waals surface area contributed by atoms with Crippen LogP contribution >= 0.6 is 0 Å². The van der Waals surface area contributed by atoms with Gasteiger partial charge in [-0.15, -0.1) is 0 Å². The Bertz CT molecular complexity index is 705. The van der Waals surface area contributed by atoms with Gasteiger partial charge in [-0.3, -0.25) is 9.97 Å². The number of rotatable bonds is 4. The fourth-order valence-corrected chi connectivity index (χ4v) is 2.51. The molecule has 0 saturated heterocycles. The topological polar surface area (TPSA) is 25.8 Å². The van der Waals surface area contributed by atoms with E-state index in [0.29, 0.717) is 0 Å². The summed E-state index contributed by atoms with van der Waals surface area (Å²) in [7, 11) is 0. The van der Waals surface area contributed by atoms with Crippen LogP contribution in [0.15, 0.2) is 66.9 Å². The van der Waals surface area contributed by atoms with Crippen molar-refractivity contribution in [2.75, 3.05) is 0 Å². The van der Waals surface area contributed by atoms with E-state index in [1.54, 1.807) is 6.20 Å². The van der Waals surface area contributed by atoms with Crippen molar-refractivity contribution < 1.29 is 33.5 Å². The van der Waals surface area contributed by atoms with Crippen molar-refractivity contribution in [1.29, 1.82) is 0 Å². The van der Waals surface area contributed by atoms with Gasteiger partial charge in [-0.05, 0) is 42.3 Å². The van der Waals surface area contributed by atoms with Crippen molar-refractivity contribution in [3.8, 4) is 11.4 Å². The van der Waals surface area contributed by atoms with Gasteiger partial charge in [0.15, 0.2) is 0 Å². The molecule has 121 valence electrons. The van der Waals surface area contributed by atoms with Crippen LogP contribution in [0.1, 0.15) is 30.5 Å². The van der Waals surface area contributed by atoms with Crippen LogP contribution < -0.4 is 12.4 Å². The molecular weight excluding hydrogens is 487 g/mol. The Morgan fingerprint density at radius 1 is 0.957 bits per heavy atom. The molecule has 0 bridgehead atoms. The van der Waals surface area contributed by atoms with Gasteiger partial charge in [0, 0.05) is 38.9 Å². The van der Waals surface area contributed by atoms with E-state index in [4.69, 9.17) is 4.98 Å². The van der Waals surface area contributed by atoms with Crippen LogP contribution in [0.2, 0.25) is 0 Å². The number of hydrogen-bond donors (Lipinski definition) is 0. The second-order valence-electron chi connectivity index (χ2n) is 4.94. The summed E-state index contributed by atoms with van der Waals surface area (Å²) >= 11 is 0. The van der Waals surface area contributed by atoms with Crippen LogP contribution in [0.25, 0.3) is 11.4 Å². The molecule has 0 spiro atoms. The smallest absolute Gasteiger partial charge is 0.0889 e. The first kappa shape index (κ1) is 19.5. The van der Waals surface area contributed by atoms with Gasteiger partial charge in [0.1, 0.15) is 0 Å². The molecule has 0 saturated carbocycles. The third-order valence-corrected chi connectivity index (χ3v) is 3.57. The minimum absolute atomic E-state index is 0. The molecular formula is C19H17ClN2Pt-. The van der Waals surface area contributed by atoms with E-state index in [-0.39, 0.29) is 39.4 Å². The number of nitrogens with zero attached hydrogens (tertiary/aromatic N) is 2. The summed E-state index contributed by atoms with van der Waals surface area (Å²) in [5, 5.41) is 0. The third-order valence-electron chi connectivity index (χ3n) is 3.57. The summed E-state index contributed by atoms with van der Waals surface area (Å²) in [6.07, 6.45) is 2.80. The summed E-state index contributed by atoms with van der Waals surface area (Å²) in [5.74, 6) is 0.273. The van der Waals surface area contributed by atoms with Gasteiger partial charge >= 0.3 is 0 Å². The molecule has 0 aliphatic carbocycles. The average Bonchev–Trinajstić information content (AvgIpc) is 2.58. The maximum Gasteiger partial charge on any atom is 0.0889 e. The van der Waals surface area contributed by atoms with Gasteiger partial charge < -0.3 is 12.4 Å². The minimum Gasteiger partial charge on any atom is -1.00 e. The molecule has 3 rings (SSSR count). The Kier molecular flexibility index (Phi) is 8.15. The normalized spacial score (nSPS) is 11.0. The van der Waals surface area contributed by atoms with E-state index in [2.05, 4.69) is 42.2 Å². The maximum atomic E-state index is 4.81. The summed E-state index contributed by atoms with van der Waals surface area (Å²) < 4.78 is 0. The Labute approximate surface area is 158 Å². The van der Waals surface area contributed by atoms with Gasteiger partial charge in [0.25, 0.3) is 0 Å². The van der Waals surface area contributed by atoms with E-state index in [1.807, 2.05) is 36.4 Å². The van der Waals surface area contributed by atoms with Gasteiger partial charge in [0.05, 0.1) is 11.4 Å². The third kappa shape index (κ3) is 4.73. The molecule has 2 aromatic heterocycles. The predicted molar refractivity (Wildman–Crippen MR) is 84.9 cm³/mol. The van der Waals surface area contributed by atoms with Crippen molar-refractivity contribution in [3.05, 3.63) is 84.2 Å². The Morgan fingerprint density at radius 3 is 2.39 bits per heavy atom. The number of aromatic nitrogens is 2. The summed E-state index contributed by atoms with van der Waals surface area (Å²) in [5.41, 5.74) is 4.09. The monoisotopic (exact) mass is 503 g/mol. The summed E-state index contributed by atoms with van der Waals surface area (Å²) in [4.78, 5) is 9.19. The van der Waals surface area contributed by atoms with Crippen LogP contribution in [0.4, 0.5) is 0 Å². The zero-order chi connectivity index (χ0) is 14.5. The van der Waals surface area contributed by atoms with Gasteiger partial charge in [-0.2, -0.15) is 0 Å². The van der Waals surface area contributed by atoms with Crippen LogP contribution in [0.5, 0.6) is 0 Å². The number of benzene rings is 1. The van der Waals surface area contributed by atoms with Crippen LogP contribution in [0, 0.1) is 6.07 Å². The van der Waals surface area contributed by atoms with Crippen LogP contribution in [-0.2, 0) is 21.1 Å². The molecule has 0 aliphatic heterocycles. The van der Waals surface area contributed by atoms with E-state index < -0.39 is 0 Å². The van der Waals surface area contributed by atoms with E-state index in [9.17, 15) is 0 Å². The zero-order valence-electron chi connectivity index (χ0n) is 12.7. The van der Waals surface area contributed by atoms with Crippen molar-refractivity contribution >= 4 is 0 Å². The van der Waals surface area contributed by atoms with Crippen LogP contribution in [0.3, 0.4) is 0 Å². The number of halogens is 1. The second-order valence-corrected chi connectivity index (χ2v) is 4.94. The average molecular weight is 504 g/mol. The molecule has 4 heteroatoms. The molecule has 1 atom stereocenters.